The van der Waals surface area contributed by atoms with Gasteiger partial charge in [-0.2, -0.15) is 0 Å². The van der Waals surface area contributed by atoms with E-state index in [0.29, 0.717) is 0 Å². The number of hydrogen-bond acceptors (Lipinski definition) is 0. The van der Waals surface area contributed by atoms with Crippen molar-refractivity contribution in [2.24, 2.45) is 7.05 Å². The highest BCUT2D eigenvalue weighted by atomic mass is 15.0. The van der Waals surface area contributed by atoms with Crippen LogP contribution in [0.3, 0.4) is 0 Å². The van der Waals surface area contributed by atoms with Gasteiger partial charge in [0, 0.05) is 40.5 Å². The second-order valence-corrected chi connectivity index (χ2v) is 8.32. The lowest BCUT2D eigenvalue weighted by molar-refractivity contribution is 1.02. The van der Waals surface area contributed by atoms with E-state index in [4.69, 9.17) is 0 Å². The monoisotopic (exact) mass is 396 g/mol. The van der Waals surface area contributed by atoms with Crippen LogP contribution in [-0.2, 0) is 7.05 Å². The highest BCUT2D eigenvalue weighted by Gasteiger charge is 2.17. The number of benzene rings is 5. The molecule has 0 aliphatic heterocycles. The van der Waals surface area contributed by atoms with Gasteiger partial charge >= 0.3 is 0 Å². The minimum absolute atomic E-state index is 1.19. The molecule has 0 saturated carbocycles. The Labute approximate surface area is 179 Å². The summed E-state index contributed by atoms with van der Waals surface area (Å²) < 4.78 is 4.66. The van der Waals surface area contributed by atoms with Gasteiger partial charge in [-0.15, -0.1) is 0 Å². The van der Waals surface area contributed by atoms with Crippen molar-refractivity contribution in [3.63, 3.8) is 0 Å². The molecular formula is C29H20N2. The van der Waals surface area contributed by atoms with Crippen molar-refractivity contribution in [3.05, 3.63) is 103 Å². The highest BCUT2D eigenvalue weighted by molar-refractivity contribution is 6.32. The molecule has 2 aromatic heterocycles. The summed E-state index contributed by atoms with van der Waals surface area (Å²) in [7, 11) is 2.20. The number of rotatable bonds is 1. The molecular weight excluding hydrogens is 376 g/mol. The van der Waals surface area contributed by atoms with E-state index < -0.39 is 0 Å². The Balaban J connectivity index is 1.71. The standard InChI is InChI=1S/C29H20N2/c1-30-27-18-26-19(15-16-31(26)20-9-3-2-4-10-20)17-25(27)28-23-13-7-5-11-21(23)22-12-6-8-14-24(22)29(28)30/h2-18H,1H3. The van der Waals surface area contributed by atoms with Crippen LogP contribution in [-0.4, -0.2) is 9.13 Å². The van der Waals surface area contributed by atoms with Crippen molar-refractivity contribution in [2.75, 3.05) is 0 Å². The molecule has 2 heteroatoms. The van der Waals surface area contributed by atoms with Crippen LogP contribution in [0.15, 0.2) is 103 Å². The first-order chi connectivity index (χ1) is 15.3. The van der Waals surface area contributed by atoms with Crippen LogP contribution < -0.4 is 0 Å². The predicted molar refractivity (Wildman–Crippen MR) is 132 cm³/mol. The molecule has 2 heterocycles. The van der Waals surface area contributed by atoms with E-state index in [2.05, 4.69) is 119 Å². The van der Waals surface area contributed by atoms with E-state index in [0.717, 1.165) is 0 Å². The average Bonchev–Trinajstić information content (AvgIpc) is 3.37. The van der Waals surface area contributed by atoms with E-state index >= 15 is 0 Å². The van der Waals surface area contributed by atoms with Gasteiger partial charge in [0.1, 0.15) is 0 Å². The summed E-state index contributed by atoms with van der Waals surface area (Å²) in [6.45, 7) is 0. The third-order valence-electron chi connectivity index (χ3n) is 6.71. The zero-order valence-electron chi connectivity index (χ0n) is 17.2. The highest BCUT2D eigenvalue weighted by Crippen LogP contribution is 2.41. The molecule has 0 bridgehead atoms. The topological polar surface area (TPSA) is 9.86 Å². The number of fused-ring (bicyclic) bond motifs is 9. The molecule has 0 saturated heterocycles. The van der Waals surface area contributed by atoms with Crippen molar-refractivity contribution < 1.29 is 0 Å². The van der Waals surface area contributed by atoms with Crippen LogP contribution in [0.25, 0.3) is 59.9 Å². The first-order valence-corrected chi connectivity index (χ1v) is 10.7. The van der Waals surface area contributed by atoms with Crippen LogP contribution >= 0.6 is 0 Å². The molecule has 0 atom stereocenters. The Morgan fingerprint density at radius 1 is 0.548 bits per heavy atom. The quantitative estimate of drug-likeness (QED) is 0.253. The number of hydrogen-bond donors (Lipinski definition) is 0. The molecule has 0 N–H and O–H groups in total. The number of aryl methyl sites for hydroxylation is 1. The Morgan fingerprint density at radius 2 is 1.19 bits per heavy atom. The smallest absolute Gasteiger partial charge is 0.0574 e. The van der Waals surface area contributed by atoms with Gasteiger partial charge in [0.25, 0.3) is 0 Å². The van der Waals surface area contributed by atoms with Gasteiger partial charge in [0.05, 0.1) is 16.6 Å². The summed E-state index contributed by atoms with van der Waals surface area (Å²) in [6.07, 6.45) is 2.18. The molecule has 31 heavy (non-hydrogen) atoms. The summed E-state index contributed by atoms with van der Waals surface area (Å²) in [5.41, 5.74) is 4.99. The van der Waals surface area contributed by atoms with Gasteiger partial charge in [-0.25, -0.2) is 0 Å². The van der Waals surface area contributed by atoms with Crippen molar-refractivity contribution in [1.82, 2.24) is 9.13 Å². The second-order valence-electron chi connectivity index (χ2n) is 8.32. The summed E-state index contributed by atoms with van der Waals surface area (Å²) in [6, 6.07) is 35.1. The first-order valence-electron chi connectivity index (χ1n) is 10.7. The Morgan fingerprint density at radius 3 is 1.97 bits per heavy atom. The molecule has 7 aromatic rings. The third kappa shape index (κ3) is 2.17. The molecule has 7 rings (SSSR count). The maximum atomic E-state index is 2.38. The van der Waals surface area contributed by atoms with E-state index in [1.165, 1.54) is 59.9 Å². The van der Waals surface area contributed by atoms with Crippen LogP contribution in [0, 0.1) is 0 Å². The molecule has 0 spiro atoms. The minimum atomic E-state index is 1.19. The fraction of sp³-hybridized carbons (Fsp3) is 0.0345. The Hall–Kier alpha value is -4.04. The molecule has 0 radical (unpaired) electrons. The Kier molecular flexibility index (Phi) is 3.23. The number of para-hydroxylation sites is 1. The van der Waals surface area contributed by atoms with Crippen molar-refractivity contribution in [1.29, 1.82) is 0 Å². The SMILES string of the molecule is Cn1c2cc3c(ccn3-c3ccccc3)cc2c2c3ccccc3c3ccccc3c21. The molecule has 0 aliphatic rings. The minimum Gasteiger partial charge on any atom is -0.343 e. The number of aromatic nitrogens is 2. The van der Waals surface area contributed by atoms with Gasteiger partial charge in [0.2, 0.25) is 0 Å². The van der Waals surface area contributed by atoms with Crippen molar-refractivity contribution in [2.45, 2.75) is 0 Å². The van der Waals surface area contributed by atoms with E-state index in [1.54, 1.807) is 0 Å². The van der Waals surface area contributed by atoms with Crippen LogP contribution in [0.4, 0.5) is 0 Å². The lowest BCUT2D eigenvalue weighted by Crippen LogP contribution is -1.92. The molecule has 0 amide bonds. The first kappa shape index (κ1) is 16.7. The van der Waals surface area contributed by atoms with Crippen molar-refractivity contribution in [3.8, 4) is 5.69 Å². The van der Waals surface area contributed by atoms with Gasteiger partial charge in [-0.3, -0.25) is 0 Å². The summed E-state index contributed by atoms with van der Waals surface area (Å²) in [5.74, 6) is 0. The van der Waals surface area contributed by atoms with E-state index in [1.807, 2.05) is 0 Å². The zero-order chi connectivity index (χ0) is 20.5. The fourth-order valence-corrected chi connectivity index (χ4v) is 5.33. The van der Waals surface area contributed by atoms with Gasteiger partial charge < -0.3 is 9.13 Å². The fourth-order valence-electron chi connectivity index (χ4n) is 5.33. The third-order valence-corrected chi connectivity index (χ3v) is 6.71. The van der Waals surface area contributed by atoms with Gasteiger partial charge in [-0.1, -0.05) is 66.7 Å². The predicted octanol–water partition coefficient (Wildman–Crippen LogP) is 7.58. The summed E-state index contributed by atoms with van der Waals surface area (Å²) in [4.78, 5) is 0. The molecule has 0 fully saturated rings. The largest absolute Gasteiger partial charge is 0.343 e. The molecule has 0 aliphatic carbocycles. The van der Waals surface area contributed by atoms with Crippen LogP contribution in [0.2, 0.25) is 0 Å². The summed E-state index contributed by atoms with van der Waals surface area (Å²) >= 11 is 0. The number of nitrogens with zero attached hydrogens (tertiary/aromatic N) is 2. The maximum Gasteiger partial charge on any atom is 0.0574 e. The lowest BCUT2D eigenvalue weighted by Gasteiger charge is -2.08. The maximum absolute atomic E-state index is 2.38. The lowest BCUT2D eigenvalue weighted by atomic mass is 9.96. The molecule has 2 nitrogen and oxygen atoms in total. The molecule has 5 aromatic carbocycles. The average molecular weight is 396 g/mol. The van der Waals surface area contributed by atoms with E-state index in [9.17, 15) is 0 Å². The normalized spacial score (nSPS) is 12.0. The molecule has 0 unspecified atom stereocenters. The van der Waals surface area contributed by atoms with Gasteiger partial charge in [-0.05, 0) is 46.5 Å². The second kappa shape index (κ2) is 5.99. The van der Waals surface area contributed by atoms with E-state index in [-0.39, 0.29) is 0 Å². The summed E-state index contributed by atoms with van der Waals surface area (Å²) in [5, 5.41) is 9.20. The Bertz CT molecular complexity index is 1780. The van der Waals surface area contributed by atoms with Crippen molar-refractivity contribution >= 4 is 54.3 Å². The molecule has 146 valence electrons. The van der Waals surface area contributed by atoms with Crippen LogP contribution in [0.1, 0.15) is 0 Å². The van der Waals surface area contributed by atoms with Gasteiger partial charge in [0.15, 0.2) is 0 Å². The zero-order valence-corrected chi connectivity index (χ0v) is 17.2. The van der Waals surface area contributed by atoms with Crippen LogP contribution in [0.5, 0.6) is 0 Å².